The average Bonchev–Trinajstić information content (AvgIpc) is 2.65. The zero-order valence-electron chi connectivity index (χ0n) is 19.8. The molecule has 2 N–H and O–H groups in total. The molecule has 1 aromatic carbocycles. The van der Waals surface area contributed by atoms with Gasteiger partial charge in [0, 0.05) is 12.8 Å². The van der Waals surface area contributed by atoms with Gasteiger partial charge in [0.2, 0.25) is 5.91 Å². The van der Waals surface area contributed by atoms with Crippen molar-refractivity contribution in [2.75, 3.05) is 0 Å². The van der Waals surface area contributed by atoms with Crippen LogP contribution >= 0.6 is 0 Å². The minimum Gasteiger partial charge on any atom is -0.507 e. The van der Waals surface area contributed by atoms with E-state index in [0.717, 1.165) is 42.6 Å². The number of ether oxygens (including phenoxy) is 1. The maximum absolute atomic E-state index is 12.2. The summed E-state index contributed by atoms with van der Waals surface area (Å²) in [7, 11) is 0. The predicted octanol–water partition coefficient (Wildman–Crippen LogP) is 6.40. The number of fused-ring (bicyclic) bond motifs is 3. The van der Waals surface area contributed by atoms with Gasteiger partial charge in [-0.15, -0.1) is 0 Å². The Balaban J connectivity index is 2.03. The fraction of sp³-hybridized carbons (Fsp3) is 0.731. The summed E-state index contributed by atoms with van der Waals surface area (Å²) in [6.45, 7) is 12.6. The Morgan fingerprint density at radius 2 is 2.00 bits per heavy atom. The lowest BCUT2D eigenvalue weighted by Crippen LogP contribution is -2.62. The number of phenolic OH excluding ortho intramolecular Hbond substituents is 1. The van der Waals surface area contributed by atoms with Crippen molar-refractivity contribution in [3.8, 4) is 11.5 Å². The monoisotopic (exact) mass is 415 g/mol. The third-order valence-electron chi connectivity index (χ3n) is 7.71. The molecule has 2 unspecified atom stereocenters. The zero-order valence-corrected chi connectivity index (χ0v) is 19.8. The number of carbonyl (C=O) groups excluding carboxylic acids is 1. The largest absolute Gasteiger partial charge is 0.507 e. The molecule has 3 rings (SSSR count). The Kier molecular flexibility index (Phi) is 6.74. The molecule has 1 aliphatic carbocycles. The summed E-state index contributed by atoms with van der Waals surface area (Å²) < 4.78 is 6.53. The second-order valence-corrected chi connectivity index (χ2v) is 10.3. The lowest BCUT2D eigenvalue weighted by molar-refractivity contribution is -0.126. The van der Waals surface area contributed by atoms with E-state index in [0.29, 0.717) is 11.8 Å². The van der Waals surface area contributed by atoms with E-state index in [-0.39, 0.29) is 17.6 Å². The first-order valence-electron chi connectivity index (χ1n) is 12.0. The molecular formula is C26H41NO3. The number of aromatic hydroxyl groups is 1. The van der Waals surface area contributed by atoms with Gasteiger partial charge in [-0.2, -0.15) is 0 Å². The Morgan fingerprint density at radius 3 is 2.67 bits per heavy atom. The quantitative estimate of drug-likeness (QED) is 0.506. The second-order valence-electron chi connectivity index (χ2n) is 10.3. The highest BCUT2D eigenvalue weighted by Gasteiger charge is 2.56. The Bertz CT molecular complexity index is 772. The van der Waals surface area contributed by atoms with Gasteiger partial charge in [0.05, 0.1) is 11.1 Å². The minimum atomic E-state index is -0.556. The molecule has 4 nitrogen and oxygen atoms in total. The van der Waals surface area contributed by atoms with E-state index in [1.54, 1.807) is 6.92 Å². The minimum absolute atomic E-state index is 0.0491. The molecule has 4 heteroatoms. The standard InChI is InChI=1S/C26H41NO3/c1-7-8-9-12-17(2)18(3)20-15-21(29)24-22(16-20)30-25(5,6)23-13-10-11-14-26(23,24)27-19(4)28/h15-18,23,29H,7-14H2,1-6H3,(H,27,28)/t17?,18?,23-,26-/m0/s1. The lowest BCUT2D eigenvalue weighted by atomic mass is 9.61. The maximum Gasteiger partial charge on any atom is 0.217 e. The molecule has 1 aromatic rings. The fourth-order valence-electron chi connectivity index (χ4n) is 6.00. The van der Waals surface area contributed by atoms with E-state index in [4.69, 9.17) is 4.74 Å². The van der Waals surface area contributed by atoms with Crippen LogP contribution in [0.25, 0.3) is 0 Å². The molecule has 1 amide bonds. The van der Waals surface area contributed by atoms with Crippen molar-refractivity contribution in [1.29, 1.82) is 0 Å². The van der Waals surface area contributed by atoms with Gasteiger partial charge in [-0.3, -0.25) is 4.79 Å². The van der Waals surface area contributed by atoms with Crippen molar-refractivity contribution in [3.05, 3.63) is 23.3 Å². The molecule has 30 heavy (non-hydrogen) atoms. The number of hydrogen-bond donors (Lipinski definition) is 2. The van der Waals surface area contributed by atoms with Gasteiger partial charge < -0.3 is 15.2 Å². The van der Waals surface area contributed by atoms with Gasteiger partial charge in [-0.1, -0.05) is 59.3 Å². The van der Waals surface area contributed by atoms with E-state index >= 15 is 0 Å². The van der Waals surface area contributed by atoms with Gasteiger partial charge in [-0.05, 0) is 56.2 Å². The van der Waals surface area contributed by atoms with Crippen molar-refractivity contribution in [1.82, 2.24) is 5.32 Å². The second kappa shape index (κ2) is 8.80. The lowest BCUT2D eigenvalue weighted by Gasteiger charge is -2.55. The molecule has 0 aromatic heterocycles. The normalized spacial score (nSPS) is 26.7. The first-order chi connectivity index (χ1) is 14.1. The van der Waals surface area contributed by atoms with Crippen LogP contribution in [0.5, 0.6) is 11.5 Å². The van der Waals surface area contributed by atoms with E-state index in [1.165, 1.54) is 25.7 Å². The SMILES string of the molecule is CCCCCC(C)C(C)c1cc(O)c2c(c1)OC(C)(C)[C@@H]1CCCC[C@@]21NC(C)=O. The van der Waals surface area contributed by atoms with E-state index in [1.807, 2.05) is 6.07 Å². The van der Waals surface area contributed by atoms with Crippen LogP contribution in [0, 0.1) is 11.8 Å². The zero-order chi connectivity index (χ0) is 22.1. The molecule has 1 heterocycles. The number of hydrogen-bond acceptors (Lipinski definition) is 3. The van der Waals surface area contributed by atoms with Crippen molar-refractivity contribution in [3.63, 3.8) is 0 Å². The summed E-state index contributed by atoms with van der Waals surface area (Å²) in [6.07, 6.45) is 8.93. The summed E-state index contributed by atoms with van der Waals surface area (Å²) in [6, 6.07) is 4.06. The van der Waals surface area contributed by atoms with Crippen molar-refractivity contribution in [2.24, 2.45) is 11.8 Å². The number of amides is 1. The highest BCUT2D eigenvalue weighted by Crippen LogP contribution is 2.57. The van der Waals surface area contributed by atoms with Crippen molar-refractivity contribution < 1.29 is 14.6 Å². The van der Waals surface area contributed by atoms with Crippen LogP contribution < -0.4 is 10.1 Å². The number of rotatable bonds is 7. The Hall–Kier alpha value is -1.71. The van der Waals surface area contributed by atoms with Gasteiger partial charge >= 0.3 is 0 Å². The van der Waals surface area contributed by atoms with Gasteiger partial charge in [0.25, 0.3) is 0 Å². The first kappa shape index (κ1) is 23.0. The number of carbonyl (C=O) groups is 1. The fourth-order valence-corrected chi connectivity index (χ4v) is 6.00. The Labute approximate surface area is 182 Å². The Morgan fingerprint density at radius 1 is 1.27 bits per heavy atom. The first-order valence-corrected chi connectivity index (χ1v) is 12.0. The molecule has 0 radical (unpaired) electrons. The molecule has 1 saturated carbocycles. The van der Waals surface area contributed by atoms with E-state index in [9.17, 15) is 9.90 Å². The molecule has 1 aliphatic heterocycles. The van der Waals surface area contributed by atoms with E-state index < -0.39 is 11.1 Å². The number of phenols is 1. The van der Waals surface area contributed by atoms with Crippen LogP contribution in [0.1, 0.15) is 110 Å². The number of unbranched alkanes of at least 4 members (excludes halogenated alkanes) is 2. The van der Waals surface area contributed by atoms with Gasteiger partial charge in [-0.25, -0.2) is 0 Å². The molecule has 4 atom stereocenters. The summed E-state index contributed by atoms with van der Waals surface area (Å²) >= 11 is 0. The third kappa shape index (κ3) is 4.20. The third-order valence-corrected chi connectivity index (χ3v) is 7.71. The van der Waals surface area contributed by atoms with E-state index in [2.05, 4.69) is 46.0 Å². The van der Waals surface area contributed by atoms with Gasteiger partial charge in [0.15, 0.2) is 0 Å². The number of nitrogens with one attached hydrogen (secondary N) is 1. The predicted molar refractivity (Wildman–Crippen MR) is 122 cm³/mol. The average molecular weight is 416 g/mol. The van der Waals surface area contributed by atoms with Crippen LogP contribution in [0.2, 0.25) is 0 Å². The molecule has 2 aliphatic rings. The molecule has 168 valence electrons. The number of benzene rings is 1. The maximum atomic E-state index is 12.2. The van der Waals surface area contributed by atoms with Crippen molar-refractivity contribution >= 4 is 5.91 Å². The molecule has 0 spiro atoms. The highest BCUT2D eigenvalue weighted by molar-refractivity contribution is 5.75. The topological polar surface area (TPSA) is 58.6 Å². The van der Waals surface area contributed by atoms with Crippen LogP contribution in [0.3, 0.4) is 0 Å². The van der Waals surface area contributed by atoms with Crippen LogP contribution in [0.4, 0.5) is 0 Å². The van der Waals surface area contributed by atoms with Crippen LogP contribution in [0.15, 0.2) is 12.1 Å². The molecule has 1 fully saturated rings. The molecule has 0 saturated heterocycles. The van der Waals surface area contributed by atoms with Gasteiger partial charge in [0.1, 0.15) is 17.1 Å². The van der Waals surface area contributed by atoms with Crippen LogP contribution in [-0.2, 0) is 10.3 Å². The van der Waals surface area contributed by atoms with Crippen LogP contribution in [-0.4, -0.2) is 16.6 Å². The summed E-state index contributed by atoms with van der Waals surface area (Å²) in [5.41, 5.74) is 0.950. The summed E-state index contributed by atoms with van der Waals surface area (Å²) in [4.78, 5) is 12.2. The summed E-state index contributed by atoms with van der Waals surface area (Å²) in [5, 5.41) is 14.5. The highest BCUT2D eigenvalue weighted by atomic mass is 16.5. The molecular weight excluding hydrogens is 374 g/mol. The molecule has 0 bridgehead atoms. The van der Waals surface area contributed by atoms with Crippen molar-refractivity contribution in [2.45, 2.75) is 110 Å². The smallest absolute Gasteiger partial charge is 0.217 e. The summed E-state index contributed by atoms with van der Waals surface area (Å²) in [5.74, 6) is 1.98.